The predicted octanol–water partition coefficient (Wildman–Crippen LogP) is 2.98. The SMILES string of the molecule is Cc1nc(NC(=O)C2CC(=O)N(c3ccc4c(c3)OCO4)C2)sc1C(=O)OCC(C)C. The number of hydrogen-bond donors (Lipinski definition) is 1. The van der Waals surface area contributed by atoms with E-state index in [4.69, 9.17) is 14.2 Å². The highest BCUT2D eigenvalue weighted by atomic mass is 32.1. The summed E-state index contributed by atoms with van der Waals surface area (Å²) in [5.41, 5.74) is 1.16. The van der Waals surface area contributed by atoms with Crippen LogP contribution in [0.4, 0.5) is 10.8 Å². The third-order valence-electron chi connectivity index (χ3n) is 4.92. The summed E-state index contributed by atoms with van der Waals surface area (Å²) < 4.78 is 15.9. The number of aromatic nitrogens is 1. The number of carbonyl (C=O) groups is 3. The first-order chi connectivity index (χ1) is 14.8. The van der Waals surface area contributed by atoms with Gasteiger partial charge in [0.15, 0.2) is 16.6 Å². The molecule has 1 aromatic heterocycles. The normalized spacial score (nSPS) is 17.4. The molecule has 0 spiro atoms. The first-order valence-corrected chi connectivity index (χ1v) is 10.8. The van der Waals surface area contributed by atoms with Crippen LogP contribution in [-0.2, 0) is 14.3 Å². The lowest BCUT2D eigenvalue weighted by Crippen LogP contribution is -2.28. The third kappa shape index (κ3) is 4.48. The van der Waals surface area contributed by atoms with Crippen molar-refractivity contribution in [2.24, 2.45) is 11.8 Å². The van der Waals surface area contributed by atoms with E-state index in [1.165, 1.54) is 0 Å². The molecule has 0 bridgehead atoms. The first kappa shape index (κ1) is 21.1. The van der Waals surface area contributed by atoms with Crippen LogP contribution in [0, 0.1) is 18.8 Å². The molecular weight excluding hydrogens is 422 g/mol. The van der Waals surface area contributed by atoms with Crippen LogP contribution < -0.4 is 19.7 Å². The van der Waals surface area contributed by atoms with E-state index in [1.54, 1.807) is 30.0 Å². The van der Waals surface area contributed by atoms with Crippen molar-refractivity contribution in [1.82, 2.24) is 4.98 Å². The monoisotopic (exact) mass is 445 g/mol. The van der Waals surface area contributed by atoms with Gasteiger partial charge in [0.1, 0.15) is 4.88 Å². The molecule has 2 aliphatic rings. The molecule has 2 aliphatic heterocycles. The highest BCUT2D eigenvalue weighted by Crippen LogP contribution is 2.37. The molecule has 1 fully saturated rings. The van der Waals surface area contributed by atoms with Gasteiger partial charge in [-0.3, -0.25) is 9.59 Å². The highest BCUT2D eigenvalue weighted by Gasteiger charge is 2.36. The maximum Gasteiger partial charge on any atom is 0.350 e. The maximum atomic E-state index is 12.7. The Balaban J connectivity index is 1.40. The number of nitrogens with zero attached hydrogens (tertiary/aromatic N) is 2. The van der Waals surface area contributed by atoms with Gasteiger partial charge in [0, 0.05) is 24.7 Å². The number of carbonyl (C=O) groups excluding carboxylic acids is 3. The minimum Gasteiger partial charge on any atom is -0.461 e. The summed E-state index contributed by atoms with van der Waals surface area (Å²) in [6.07, 6.45) is 0.0912. The predicted molar refractivity (Wildman–Crippen MR) is 114 cm³/mol. The van der Waals surface area contributed by atoms with Crippen molar-refractivity contribution >= 4 is 39.9 Å². The van der Waals surface area contributed by atoms with Gasteiger partial charge in [-0.1, -0.05) is 25.2 Å². The quantitative estimate of drug-likeness (QED) is 0.681. The second-order valence-electron chi connectivity index (χ2n) is 7.86. The largest absolute Gasteiger partial charge is 0.461 e. The van der Waals surface area contributed by atoms with E-state index < -0.39 is 11.9 Å². The molecule has 1 aromatic carbocycles. The lowest BCUT2D eigenvalue weighted by molar-refractivity contribution is -0.122. The smallest absolute Gasteiger partial charge is 0.350 e. The fourth-order valence-electron chi connectivity index (χ4n) is 3.34. The third-order valence-corrected chi connectivity index (χ3v) is 5.98. The van der Waals surface area contributed by atoms with E-state index in [1.807, 2.05) is 13.8 Å². The summed E-state index contributed by atoms with van der Waals surface area (Å²) in [5, 5.41) is 3.05. The molecule has 164 valence electrons. The van der Waals surface area contributed by atoms with Gasteiger partial charge in [0.25, 0.3) is 0 Å². The second-order valence-corrected chi connectivity index (χ2v) is 8.86. The highest BCUT2D eigenvalue weighted by molar-refractivity contribution is 7.17. The van der Waals surface area contributed by atoms with Crippen molar-refractivity contribution in [3.8, 4) is 11.5 Å². The lowest BCUT2D eigenvalue weighted by atomic mass is 10.1. The molecule has 0 aliphatic carbocycles. The molecular formula is C21H23N3O6S. The molecule has 0 saturated carbocycles. The van der Waals surface area contributed by atoms with Gasteiger partial charge >= 0.3 is 5.97 Å². The molecule has 2 amide bonds. The van der Waals surface area contributed by atoms with E-state index in [0.717, 1.165) is 11.3 Å². The maximum absolute atomic E-state index is 12.7. The average molecular weight is 445 g/mol. The summed E-state index contributed by atoms with van der Waals surface area (Å²) in [6.45, 7) is 6.31. The van der Waals surface area contributed by atoms with E-state index in [2.05, 4.69) is 10.3 Å². The fraction of sp³-hybridized carbons (Fsp3) is 0.429. The minimum atomic E-state index is -0.529. The van der Waals surface area contributed by atoms with Gasteiger partial charge in [-0.15, -0.1) is 0 Å². The van der Waals surface area contributed by atoms with Gasteiger partial charge in [0.05, 0.1) is 18.2 Å². The van der Waals surface area contributed by atoms with Crippen LogP contribution in [0.25, 0.3) is 0 Å². The molecule has 1 unspecified atom stereocenters. The van der Waals surface area contributed by atoms with Crippen molar-refractivity contribution in [2.75, 3.05) is 30.2 Å². The van der Waals surface area contributed by atoms with E-state index in [9.17, 15) is 14.4 Å². The van der Waals surface area contributed by atoms with E-state index in [0.29, 0.717) is 39.5 Å². The van der Waals surface area contributed by atoms with Crippen LogP contribution >= 0.6 is 11.3 Å². The van der Waals surface area contributed by atoms with Gasteiger partial charge in [-0.05, 0) is 25.0 Å². The number of ether oxygens (including phenoxy) is 3. The zero-order valence-corrected chi connectivity index (χ0v) is 18.3. The van der Waals surface area contributed by atoms with Crippen LogP contribution in [0.15, 0.2) is 18.2 Å². The number of anilines is 2. The van der Waals surface area contributed by atoms with Crippen LogP contribution in [0.2, 0.25) is 0 Å². The summed E-state index contributed by atoms with van der Waals surface area (Å²) in [6, 6.07) is 5.25. The molecule has 1 N–H and O–H groups in total. The number of aryl methyl sites for hydroxylation is 1. The van der Waals surface area contributed by atoms with E-state index in [-0.39, 0.29) is 37.5 Å². The lowest BCUT2D eigenvalue weighted by Gasteiger charge is -2.17. The van der Waals surface area contributed by atoms with Crippen LogP contribution in [0.1, 0.15) is 35.6 Å². The van der Waals surface area contributed by atoms with Crippen LogP contribution in [0.5, 0.6) is 11.5 Å². The van der Waals surface area contributed by atoms with Gasteiger partial charge in [-0.25, -0.2) is 9.78 Å². The summed E-state index contributed by atoms with van der Waals surface area (Å²) in [5.74, 6) is -0.00344. The van der Waals surface area contributed by atoms with Crippen molar-refractivity contribution in [1.29, 1.82) is 0 Å². The second kappa shape index (κ2) is 8.54. The Morgan fingerprint density at radius 1 is 1.32 bits per heavy atom. The molecule has 31 heavy (non-hydrogen) atoms. The van der Waals surface area contributed by atoms with Gasteiger partial charge in [0.2, 0.25) is 18.6 Å². The Hall–Kier alpha value is -3.14. The summed E-state index contributed by atoms with van der Waals surface area (Å²) >= 11 is 1.07. The number of nitrogens with one attached hydrogen (secondary N) is 1. The van der Waals surface area contributed by atoms with Crippen molar-refractivity contribution in [3.05, 3.63) is 28.8 Å². The molecule has 1 saturated heterocycles. The zero-order valence-electron chi connectivity index (χ0n) is 17.5. The van der Waals surface area contributed by atoms with Crippen molar-refractivity contribution in [3.63, 3.8) is 0 Å². The number of amides is 2. The fourth-order valence-corrected chi connectivity index (χ4v) is 4.20. The first-order valence-electron chi connectivity index (χ1n) is 9.97. The van der Waals surface area contributed by atoms with Crippen molar-refractivity contribution in [2.45, 2.75) is 27.2 Å². The Labute approximate surface area is 183 Å². The number of thiazole rings is 1. The molecule has 0 radical (unpaired) electrons. The Morgan fingerprint density at radius 3 is 2.87 bits per heavy atom. The number of fused-ring (bicyclic) bond motifs is 1. The molecule has 3 heterocycles. The van der Waals surface area contributed by atoms with Gasteiger partial charge < -0.3 is 24.4 Å². The standard InChI is InChI=1S/C21H23N3O6S/c1-11(2)9-28-20(27)18-12(3)22-21(31-18)23-19(26)13-6-17(25)24(8-13)14-4-5-15-16(7-14)30-10-29-15/h4-5,7,11,13H,6,8-10H2,1-3H3,(H,22,23,26). The average Bonchev–Trinajstić information content (AvgIpc) is 3.43. The number of hydrogen-bond acceptors (Lipinski definition) is 8. The summed E-state index contributed by atoms with van der Waals surface area (Å²) in [4.78, 5) is 43.7. The van der Waals surface area contributed by atoms with Gasteiger partial charge in [-0.2, -0.15) is 0 Å². The molecule has 1 atom stereocenters. The van der Waals surface area contributed by atoms with E-state index >= 15 is 0 Å². The number of benzene rings is 1. The molecule has 9 nitrogen and oxygen atoms in total. The Morgan fingerprint density at radius 2 is 2.10 bits per heavy atom. The van der Waals surface area contributed by atoms with Crippen LogP contribution in [-0.4, -0.2) is 42.7 Å². The number of rotatable bonds is 6. The zero-order chi connectivity index (χ0) is 22.1. The van der Waals surface area contributed by atoms with Crippen LogP contribution in [0.3, 0.4) is 0 Å². The van der Waals surface area contributed by atoms with Crippen molar-refractivity contribution < 1.29 is 28.6 Å². The Kier molecular flexibility index (Phi) is 5.81. The molecule has 4 rings (SSSR count). The Bertz CT molecular complexity index is 1030. The number of esters is 1. The topological polar surface area (TPSA) is 107 Å². The summed E-state index contributed by atoms with van der Waals surface area (Å²) in [7, 11) is 0. The minimum absolute atomic E-state index is 0.0912. The molecule has 2 aromatic rings. The molecule has 10 heteroatoms.